The molecule has 0 aromatic heterocycles. The molecule has 0 spiro atoms. The van der Waals surface area contributed by atoms with Gasteiger partial charge in [0.25, 0.3) is 5.91 Å². The third-order valence-corrected chi connectivity index (χ3v) is 2.14. The van der Waals surface area contributed by atoms with Crippen LogP contribution in [0.4, 0.5) is 0 Å². The van der Waals surface area contributed by atoms with Gasteiger partial charge in [0.2, 0.25) is 0 Å². The highest BCUT2D eigenvalue weighted by Crippen LogP contribution is 2.02. The van der Waals surface area contributed by atoms with E-state index in [1.807, 2.05) is 30.3 Å². The molecule has 0 radical (unpaired) electrons. The zero-order valence-corrected chi connectivity index (χ0v) is 9.22. The fraction of sp³-hybridized carbons (Fsp3) is 0.167. The molecule has 5 nitrogen and oxygen atoms in total. The average Bonchev–Trinajstić information content (AvgIpc) is 2.34. The number of amides is 1. The molecule has 0 saturated heterocycles. The Morgan fingerprint density at radius 3 is 2.53 bits per heavy atom. The SMILES string of the molecule is C=CC(=O)NN[C@@H](Cc1ccccc1)C(=O)O. The Morgan fingerprint density at radius 1 is 1.35 bits per heavy atom. The van der Waals surface area contributed by atoms with Gasteiger partial charge < -0.3 is 5.11 Å². The summed E-state index contributed by atoms with van der Waals surface area (Å²) in [6, 6.07) is 8.29. The van der Waals surface area contributed by atoms with E-state index in [2.05, 4.69) is 17.4 Å². The fourth-order valence-electron chi connectivity index (χ4n) is 1.26. The lowest BCUT2D eigenvalue weighted by atomic mass is 10.1. The Bertz CT molecular complexity index is 403. The Labute approximate surface area is 99.1 Å². The van der Waals surface area contributed by atoms with Crippen LogP contribution >= 0.6 is 0 Å². The van der Waals surface area contributed by atoms with Crippen LogP contribution in [0.25, 0.3) is 0 Å². The zero-order valence-electron chi connectivity index (χ0n) is 9.22. The molecule has 1 amide bonds. The lowest BCUT2D eigenvalue weighted by molar-refractivity contribution is -0.139. The monoisotopic (exact) mass is 234 g/mol. The largest absolute Gasteiger partial charge is 0.480 e. The molecule has 0 heterocycles. The zero-order chi connectivity index (χ0) is 12.7. The smallest absolute Gasteiger partial charge is 0.322 e. The maximum atomic E-state index is 11.0. The molecule has 0 unspecified atom stereocenters. The van der Waals surface area contributed by atoms with Gasteiger partial charge in [0, 0.05) is 6.42 Å². The van der Waals surface area contributed by atoms with E-state index in [-0.39, 0.29) is 6.42 Å². The van der Waals surface area contributed by atoms with Crippen molar-refractivity contribution in [2.75, 3.05) is 0 Å². The third kappa shape index (κ3) is 4.48. The van der Waals surface area contributed by atoms with Gasteiger partial charge in [-0.3, -0.25) is 15.0 Å². The summed E-state index contributed by atoms with van der Waals surface area (Å²) in [6.45, 7) is 3.27. The lowest BCUT2D eigenvalue weighted by Crippen LogP contribution is -2.48. The van der Waals surface area contributed by atoms with Crippen molar-refractivity contribution >= 4 is 11.9 Å². The molecule has 1 atom stereocenters. The van der Waals surface area contributed by atoms with E-state index in [0.717, 1.165) is 11.6 Å². The van der Waals surface area contributed by atoms with Crippen LogP contribution in [-0.2, 0) is 16.0 Å². The molecule has 0 aliphatic heterocycles. The predicted molar refractivity (Wildman–Crippen MR) is 63.0 cm³/mol. The van der Waals surface area contributed by atoms with E-state index in [1.54, 1.807) is 0 Å². The molecule has 0 aliphatic rings. The van der Waals surface area contributed by atoms with Crippen molar-refractivity contribution in [2.45, 2.75) is 12.5 Å². The summed E-state index contributed by atoms with van der Waals surface area (Å²) in [5.41, 5.74) is 5.57. The van der Waals surface area contributed by atoms with Crippen molar-refractivity contribution in [2.24, 2.45) is 0 Å². The summed E-state index contributed by atoms with van der Waals surface area (Å²) in [7, 11) is 0. The van der Waals surface area contributed by atoms with Crippen molar-refractivity contribution in [3.8, 4) is 0 Å². The summed E-state index contributed by atoms with van der Waals surface area (Å²) in [5, 5.41) is 8.98. The number of hydrogen-bond donors (Lipinski definition) is 3. The van der Waals surface area contributed by atoms with Crippen molar-refractivity contribution in [1.29, 1.82) is 0 Å². The Balaban J connectivity index is 2.58. The van der Waals surface area contributed by atoms with Gasteiger partial charge in [-0.1, -0.05) is 36.9 Å². The first kappa shape index (κ1) is 12.9. The summed E-state index contributed by atoms with van der Waals surface area (Å²) in [5.74, 6) is -1.50. The van der Waals surface area contributed by atoms with Gasteiger partial charge in [-0.25, -0.2) is 5.43 Å². The lowest BCUT2D eigenvalue weighted by Gasteiger charge is -2.14. The Hall–Kier alpha value is -2.14. The summed E-state index contributed by atoms with van der Waals surface area (Å²) in [6.07, 6.45) is 1.35. The molecule has 17 heavy (non-hydrogen) atoms. The number of nitrogens with one attached hydrogen (secondary N) is 2. The minimum atomic E-state index is -1.03. The number of carbonyl (C=O) groups is 2. The fourth-order valence-corrected chi connectivity index (χ4v) is 1.26. The summed E-state index contributed by atoms with van der Waals surface area (Å²) in [4.78, 5) is 21.9. The highest BCUT2D eigenvalue weighted by atomic mass is 16.4. The van der Waals surface area contributed by atoms with E-state index >= 15 is 0 Å². The number of carbonyl (C=O) groups excluding carboxylic acids is 1. The molecule has 3 N–H and O–H groups in total. The van der Waals surface area contributed by atoms with Gasteiger partial charge in [-0.2, -0.15) is 0 Å². The van der Waals surface area contributed by atoms with Gasteiger partial charge in [0.15, 0.2) is 0 Å². The van der Waals surface area contributed by atoms with Crippen LogP contribution in [0.5, 0.6) is 0 Å². The second kappa shape index (κ2) is 6.44. The van der Waals surface area contributed by atoms with Crippen LogP contribution in [0.1, 0.15) is 5.56 Å². The normalized spacial score (nSPS) is 11.5. The van der Waals surface area contributed by atoms with Crippen LogP contribution < -0.4 is 10.9 Å². The van der Waals surface area contributed by atoms with Crippen molar-refractivity contribution < 1.29 is 14.7 Å². The van der Waals surface area contributed by atoms with Gasteiger partial charge >= 0.3 is 5.97 Å². The quantitative estimate of drug-likeness (QED) is 0.494. The predicted octanol–water partition coefficient (Wildman–Crippen LogP) is 0.489. The van der Waals surface area contributed by atoms with Gasteiger partial charge in [-0.15, -0.1) is 0 Å². The molecule has 1 aromatic carbocycles. The highest BCUT2D eigenvalue weighted by Gasteiger charge is 2.17. The molecule has 0 bridgehead atoms. The molecule has 0 aliphatic carbocycles. The number of benzene rings is 1. The van der Waals surface area contributed by atoms with E-state index < -0.39 is 17.9 Å². The number of carboxylic acids is 1. The molecular formula is C12H14N2O3. The first-order valence-electron chi connectivity index (χ1n) is 5.08. The average molecular weight is 234 g/mol. The van der Waals surface area contributed by atoms with Crippen LogP contribution in [0, 0.1) is 0 Å². The number of hydrogen-bond acceptors (Lipinski definition) is 3. The molecule has 0 saturated carbocycles. The van der Waals surface area contributed by atoms with Gasteiger partial charge in [0.05, 0.1) is 0 Å². The van der Waals surface area contributed by atoms with Crippen LogP contribution in [0.3, 0.4) is 0 Å². The summed E-state index contributed by atoms with van der Waals surface area (Å²) < 4.78 is 0. The van der Waals surface area contributed by atoms with Crippen molar-refractivity contribution in [3.63, 3.8) is 0 Å². The van der Waals surface area contributed by atoms with E-state index in [4.69, 9.17) is 5.11 Å². The Kier molecular flexibility index (Phi) is 4.90. The maximum absolute atomic E-state index is 11.0. The van der Waals surface area contributed by atoms with Gasteiger partial charge in [0.1, 0.15) is 6.04 Å². The number of rotatable bonds is 6. The first-order chi connectivity index (χ1) is 8.13. The minimum absolute atomic E-state index is 0.285. The van der Waals surface area contributed by atoms with Crippen LogP contribution in [0.15, 0.2) is 43.0 Å². The number of hydrazine groups is 1. The maximum Gasteiger partial charge on any atom is 0.322 e. The minimum Gasteiger partial charge on any atom is -0.480 e. The second-order valence-electron chi connectivity index (χ2n) is 3.42. The topological polar surface area (TPSA) is 78.4 Å². The van der Waals surface area contributed by atoms with Crippen molar-refractivity contribution in [1.82, 2.24) is 10.9 Å². The van der Waals surface area contributed by atoms with Gasteiger partial charge in [-0.05, 0) is 11.6 Å². The molecular weight excluding hydrogens is 220 g/mol. The molecule has 5 heteroatoms. The standard InChI is InChI=1S/C12H14N2O3/c1-2-11(15)14-13-10(12(16)17)8-9-6-4-3-5-7-9/h2-7,10,13H,1,8H2,(H,14,15)(H,16,17)/t10-/m0/s1. The van der Waals surface area contributed by atoms with Crippen molar-refractivity contribution in [3.05, 3.63) is 48.6 Å². The summed E-state index contributed by atoms with van der Waals surface area (Å²) >= 11 is 0. The third-order valence-electron chi connectivity index (χ3n) is 2.14. The number of carboxylic acid groups (broad SMARTS) is 1. The first-order valence-corrected chi connectivity index (χ1v) is 5.08. The van der Waals surface area contributed by atoms with E-state index in [9.17, 15) is 9.59 Å². The molecule has 1 aromatic rings. The molecule has 1 rings (SSSR count). The molecule has 0 fully saturated rings. The second-order valence-corrected chi connectivity index (χ2v) is 3.42. The number of aliphatic carboxylic acids is 1. The highest BCUT2D eigenvalue weighted by molar-refractivity contribution is 5.86. The van der Waals surface area contributed by atoms with Crippen LogP contribution in [-0.4, -0.2) is 23.0 Å². The molecule has 90 valence electrons. The van der Waals surface area contributed by atoms with Crippen LogP contribution in [0.2, 0.25) is 0 Å². The van der Waals surface area contributed by atoms with E-state index in [1.165, 1.54) is 0 Å². The Morgan fingerprint density at radius 2 is 2.00 bits per heavy atom. The van der Waals surface area contributed by atoms with E-state index in [0.29, 0.717) is 0 Å².